The Morgan fingerprint density at radius 2 is 1.73 bits per heavy atom. The molecule has 270 valence electrons. The highest BCUT2D eigenvalue weighted by Crippen LogP contribution is 2.34. The van der Waals surface area contributed by atoms with Gasteiger partial charge in [-0.15, -0.1) is 0 Å². The van der Waals surface area contributed by atoms with Gasteiger partial charge in [-0.2, -0.15) is 5.26 Å². The standard InChI is InChI=1S/C42H31N7O6/c43-19-25-14-26(24-3-7-34-35-22-44-12-11-36(35)47-37(34)16-24)20-46-41(25)55-32-17-31(18-32)54-30-5-4-28(45-21-30)2-1-13-53-29-6-8-33-27(15-29)23-49(42(33)52)38-9-10-39(50)48-40(38)51/h3-8,11-12,14-16,20-22,31-32,38,47H,9-10,13,17-18,23H2,(H,48,50,51)/t31-,32-,38?. The van der Waals surface area contributed by atoms with Crippen LogP contribution in [0.4, 0.5) is 0 Å². The van der Waals surface area contributed by atoms with Crippen LogP contribution in [0.5, 0.6) is 17.4 Å². The van der Waals surface area contributed by atoms with Crippen LogP contribution in [0, 0.1) is 23.2 Å². The molecule has 1 saturated carbocycles. The van der Waals surface area contributed by atoms with Gasteiger partial charge >= 0.3 is 0 Å². The summed E-state index contributed by atoms with van der Waals surface area (Å²) in [6, 6.07) is 20.2. The number of piperidine rings is 1. The van der Waals surface area contributed by atoms with Crippen molar-refractivity contribution in [1.82, 2.24) is 30.2 Å². The molecule has 1 aliphatic carbocycles. The van der Waals surface area contributed by atoms with E-state index in [1.54, 1.807) is 48.9 Å². The maximum absolute atomic E-state index is 12.9. The van der Waals surface area contributed by atoms with Gasteiger partial charge < -0.3 is 24.1 Å². The molecule has 6 heterocycles. The first-order chi connectivity index (χ1) is 26.9. The van der Waals surface area contributed by atoms with Crippen LogP contribution in [0.1, 0.15) is 52.9 Å². The van der Waals surface area contributed by atoms with Gasteiger partial charge in [-0.05, 0) is 72.0 Å². The Labute approximate surface area is 314 Å². The number of amides is 3. The Bertz CT molecular complexity index is 2630. The minimum absolute atomic E-state index is 0.0566. The number of aromatic amines is 1. The summed E-state index contributed by atoms with van der Waals surface area (Å²) in [6.07, 6.45) is 8.59. The molecular formula is C42H31N7O6. The number of hydrogen-bond acceptors (Lipinski definition) is 10. The third kappa shape index (κ3) is 6.64. The summed E-state index contributed by atoms with van der Waals surface area (Å²) < 4.78 is 18.0. The second kappa shape index (κ2) is 14.0. The minimum Gasteiger partial charge on any atom is -0.489 e. The molecular weight excluding hydrogens is 699 g/mol. The number of rotatable bonds is 8. The average molecular weight is 730 g/mol. The highest BCUT2D eigenvalue weighted by atomic mass is 16.5. The zero-order valence-corrected chi connectivity index (χ0v) is 29.2. The van der Waals surface area contributed by atoms with Crippen molar-refractivity contribution < 1.29 is 28.6 Å². The average Bonchev–Trinajstić information content (AvgIpc) is 3.72. The summed E-state index contributed by atoms with van der Waals surface area (Å²) in [6.45, 7) is 0.379. The molecule has 2 N–H and O–H groups in total. The number of H-pyrrole nitrogens is 1. The van der Waals surface area contributed by atoms with Gasteiger partial charge in [-0.25, -0.2) is 9.97 Å². The number of benzene rings is 2. The predicted molar refractivity (Wildman–Crippen MR) is 199 cm³/mol. The van der Waals surface area contributed by atoms with E-state index in [1.165, 1.54) is 4.90 Å². The molecule has 13 nitrogen and oxygen atoms in total. The van der Waals surface area contributed by atoms with Crippen LogP contribution in [0.15, 0.2) is 85.5 Å². The number of carbonyl (C=O) groups is 3. The van der Waals surface area contributed by atoms with E-state index in [0.717, 1.165) is 38.5 Å². The monoisotopic (exact) mass is 729 g/mol. The van der Waals surface area contributed by atoms with E-state index in [9.17, 15) is 19.6 Å². The van der Waals surface area contributed by atoms with Crippen molar-refractivity contribution in [2.45, 2.75) is 50.5 Å². The highest BCUT2D eigenvalue weighted by Gasteiger charge is 2.39. The van der Waals surface area contributed by atoms with E-state index in [0.29, 0.717) is 53.5 Å². The molecule has 0 bridgehead atoms. The number of pyridine rings is 3. The lowest BCUT2D eigenvalue weighted by atomic mass is 9.92. The van der Waals surface area contributed by atoms with Crippen LogP contribution in [-0.4, -0.2) is 67.4 Å². The lowest BCUT2D eigenvalue weighted by Gasteiger charge is -2.35. The zero-order valence-electron chi connectivity index (χ0n) is 29.2. The van der Waals surface area contributed by atoms with Gasteiger partial charge in [0.1, 0.15) is 53.7 Å². The van der Waals surface area contributed by atoms with Gasteiger partial charge in [-0.1, -0.05) is 18.1 Å². The van der Waals surface area contributed by atoms with Gasteiger partial charge in [-0.3, -0.25) is 24.7 Å². The van der Waals surface area contributed by atoms with Gasteiger partial charge in [0.05, 0.1) is 6.20 Å². The number of aromatic nitrogens is 4. The van der Waals surface area contributed by atoms with E-state index in [-0.39, 0.29) is 43.6 Å². The molecule has 9 rings (SSSR count). The molecule has 1 saturated heterocycles. The summed E-state index contributed by atoms with van der Waals surface area (Å²) in [7, 11) is 0. The molecule has 4 aromatic heterocycles. The van der Waals surface area contributed by atoms with Crippen molar-refractivity contribution in [3.8, 4) is 46.4 Å². The van der Waals surface area contributed by atoms with Crippen molar-refractivity contribution in [3.63, 3.8) is 0 Å². The van der Waals surface area contributed by atoms with Gasteiger partial charge in [0.15, 0.2) is 0 Å². The molecule has 2 fully saturated rings. The Hall–Kier alpha value is -7.25. The van der Waals surface area contributed by atoms with Gasteiger partial charge in [0.2, 0.25) is 17.7 Å². The first kappa shape index (κ1) is 33.6. The summed E-state index contributed by atoms with van der Waals surface area (Å²) in [5, 5.41) is 14.3. The van der Waals surface area contributed by atoms with Gasteiger partial charge in [0, 0.05) is 77.3 Å². The van der Waals surface area contributed by atoms with E-state index in [1.807, 2.05) is 24.4 Å². The van der Waals surface area contributed by atoms with Crippen LogP contribution in [-0.2, 0) is 16.1 Å². The topological polar surface area (TPSA) is 172 Å². The highest BCUT2D eigenvalue weighted by molar-refractivity contribution is 6.08. The molecule has 1 atom stereocenters. The second-order valence-corrected chi connectivity index (χ2v) is 13.6. The van der Waals surface area contributed by atoms with Crippen molar-refractivity contribution in [3.05, 3.63) is 108 Å². The van der Waals surface area contributed by atoms with E-state index >= 15 is 0 Å². The Morgan fingerprint density at radius 3 is 2.56 bits per heavy atom. The molecule has 3 aliphatic rings. The van der Waals surface area contributed by atoms with E-state index < -0.39 is 11.9 Å². The molecule has 3 amide bonds. The first-order valence-corrected chi connectivity index (χ1v) is 17.8. The third-order valence-corrected chi connectivity index (χ3v) is 10.1. The van der Waals surface area contributed by atoms with Crippen LogP contribution in [0.25, 0.3) is 32.9 Å². The van der Waals surface area contributed by atoms with Crippen LogP contribution in [0.2, 0.25) is 0 Å². The fourth-order valence-electron chi connectivity index (χ4n) is 7.18. The van der Waals surface area contributed by atoms with Crippen molar-refractivity contribution in [1.29, 1.82) is 5.26 Å². The number of nitrogens with zero attached hydrogens (tertiary/aromatic N) is 5. The number of hydrogen-bond donors (Lipinski definition) is 2. The number of ether oxygens (including phenoxy) is 3. The Balaban J connectivity index is 0.746. The Kier molecular flexibility index (Phi) is 8.52. The molecule has 1 unspecified atom stereocenters. The van der Waals surface area contributed by atoms with Gasteiger partial charge in [0.25, 0.3) is 5.91 Å². The Morgan fingerprint density at radius 1 is 0.855 bits per heavy atom. The quantitative estimate of drug-likeness (QED) is 0.156. The molecule has 2 aromatic carbocycles. The lowest BCUT2D eigenvalue weighted by molar-refractivity contribution is -0.136. The summed E-state index contributed by atoms with van der Waals surface area (Å²) in [5.41, 5.74) is 5.97. The summed E-state index contributed by atoms with van der Waals surface area (Å²) >= 11 is 0. The predicted octanol–water partition coefficient (Wildman–Crippen LogP) is 5.23. The number of imide groups is 1. The fraction of sp³-hybridized carbons (Fsp3) is 0.214. The lowest BCUT2D eigenvalue weighted by Crippen LogP contribution is -2.52. The van der Waals surface area contributed by atoms with Crippen molar-refractivity contribution in [2.75, 3.05) is 6.61 Å². The number of nitriles is 1. The van der Waals surface area contributed by atoms with Crippen LogP contribution in [0.3, 0.4) is 0 Å². The molecule has 0 spiro atoms. The first-order valence-electron chi connectivity index (χ1n) is 17.8. The maximum Gasteiger partial charge on any atom is 0.255 e. The number of fused-ring (bicyclic) bond motifs is 4. The molecule has 6 aromatic rings. The molecule has 0 radical (unpaired) electrons. The summed E-state index contributed by atoms with van der Waals surface area (Å²) in [5.74, 6) is 6.42. The van der Waals surface area contributed by atoms with E-state index in [2.05, 4.69) is 55.3 Å². The van der Waals surface area contributed by atoms with E-state index in [4.69, 9.17) is 14.2 Å². The maximum atomic E-state index is 12.9. The minimum atomic E-state index is -0.666. The molecule has 55 heavy (non-hydrogen) atoms. The SMILES string of the molecule is N#Cc1cc(-c2ccc3c(c2)[nH]c2ccncc23)cnc1O[C@H]1C[C@H](Oc2ccc(C#CCOc3ccc4c(c3)CN(C3CCC(=O)NC3=O)C4=O)nc2)C1. The van der Waals surface area contributed by atoms with Crippen LogP contribution >= 0.6 is 0 Å². The zero-order chi connectivity index (χ0) is 37.5. The fourth-order valence-corrected chi connectivity index (χ4v) is 7.18. The number of carbonyl (C=O) groups excluding carboxylic acids is 3. The van der Waals surface area contributed by atoms with Crippen molar-refractivity contribution >= 4 is 39.5 Å². The van der Waals surface area contributed by atoms with Crippen LogP contribution < -0.4 is 19.5 Å². The smallest absolute Gasteiger partial charge is 0.255 e. The third-order valence-electron chi connectivity index (χ3n) is 10.1. The normalized spacial score (nSPS) is 18.9. The molecule has 13 heteroatoms. The van der Waals surface area contributed by atoms with Crippen molar-refractivity contribution in [2.24, 2.45) is 0 Å². The number of nitrogens with one attached hydrogen (secondary N) is 2. The summed E-state index contributed by atoms with van der Waals surface area (Å²) in [4.78, 5) is 54.8. The largest absolute Gasteiger partial charge is 0.489 e. The second-order valence-electron chi connectivity index (χ2n) is 13.6. The molecule has 2 aliphatic heterocycles.